The van der Waals surface area contributed by atoms with Crippen molar-refractivity contribution in [2.75, 3.05) is 0 Å². The summed E-state index contributed by atoms with van der Waals surface area (Å²) in [5, 5.41) is 1.99. The Bertz CT molecular complexity index is 623. The molecule has 0 aromatic heterocycles. The molecule has 2 aromatic rings. The van der Waals surface area contributed by atoms with Crippen molar-refractivity contribution in [3.8, 4) is 5.75 Å². The Labute approximate surface area is 118 Å². The second-order valence-electron chi connectivity index (χ2n) is 4.91. The first kappa shape index (κ1) is 14.3. The van der Waals surface area contributed by atoms with Crippen LogP contribution < -0.4 is 16.2 Å². The summed E-state index contributed by atoms with van der Waals surface area (Å²) in [6, 6.07) is 11.6. The number of amides is 1. The molecule has 4 heteroatoms. The van der Waals surface area contributed by atoms with Crippen LogP contribution in [-0.4, -0.2) is 12.0 Å². The van der Waals surface area contributed by atoms with Crippen molar-refractivity contribution in [2.45, 2.75) is 32.4 Å². The normalized spacial score (nSPS) is 13.9. The molecule has 1 unspecified atom stereocenters. The van der Waals surface area contributed by atoms with Gasteiger partial charge in [0.1, 0.15) is 5.75 Å². The lowest BCUT2D eigenvalue weighted by Gasteiger charge is -2.20. The van der Waals surface area contributed by atoms with Crippen molar-refractivity contribution in [3.05, 3.63) is 42.0 Å². The molecule has 2 rings (SSSR count). The van der Waals surface area contributed by atoms with E-state index in [9.17, 15) is 4.79 Å². The summed E-state index contributed by atoms with van der Waals surface area (Å²) in [6.45, 7) is 3.76. The van der Waals surface area contributed by atoms with E-state index in [1.807, 2.05) is 50.2 Å². The van der Waals surface area contributed by atoms with Gasteiger partial charge in [-0.3, -0.25) is 4.79 Å². The Balaban J connectivity index is 2.57. The van der Waals surface area contributed by atoms with Crippen LogP contribution in [0.5, 0.6) is 5.75 Å². The number of primary amides is 1. The highest BCUT2D eigenvalue weighted by Crippen LogP contribution is 2.33. The van der Waals surface area contributed by atoms with Gasteiger partial charge in [-0.2, -0.15) is 0 Å². The average Bonchev–Trinajstić information content (AvgIpc) is 2.43. The molecule has 0 aliphatic carbocycles. The second-order valence-corrected chi connectivity index (χ2v) is 4.91. The third-order valence-corrected chi connectivity index (χ3v) is 3.35. The molecule has 0 aliphatic rings. The maximum atomic E-state index is 11.4. The van der Waals surface area contributed by atoms with Gasteiger partial charge in [-0.1, -0.05) is 43.3 Å². The van der Waals surface area contributed by atoms with Crippen LogP contribution in [0.2, 0.25) is 0 Å². The van der Waals surface area contributed by atoms with Gasteiger partial charge >= 0.3 is 0 Å². The van der Waals surface area contributed by atoms with Gasteiger partial charge in [-0.05, 0) is 18.7 Å². The Hall–Kier alpha value is -2.07. The first-order chi connectivity index (χ1) is 9.54. The highest BCUT2D eigenvalue weighted by Gasteiger charge is 2.19. The monoisotopic (exact) mass is 272 g/mol. The van der Waals surface area contributed by atoms with E-state index < -0.39 is 12.0 Å². The van der Waals surface area contributed by atoms with Crippen LogP contribution in [0, 0.1) is 0 Å². The van der Waals surface area contributed by atoms with E-state index in [4.69, 9.17) is 16.2 Å². The fourth-order valence-corrected chi connectivity index (χ4v) is 2.23. The van der Waals surface area contributed by atoms with Gasteiger partial charge in [0.05, 0.1) is 0 Å². The van der Waals surface area contributed by atoms with Crippen LogP contribution in [0.15, 0.2) is 36.4 Å². The van der Waals surface area contributed by atoms with Crippen LogP contribution in [0.1, 0.15) is 31.9 Å². The molecule has 2 aromatic carbocycles. The van der Waals surface area contributed by atoms with Crippen LogP contribution in [0.3, 0.4) is 0 Å². The van der Waals surface area contributed by atoms with Gasteiger partial charge in [0.25, 0.3) is 5.91 Å². The third kappa shape index (κ3) is 2.75. The van der Waals surface area contributed by atoms with Gasteiger partial charge in [0.15, 0.2) is 6.10 Å². The summed E-state index contributed by atoms with van der Waals surface area (Å²) in [5.74, 6) is 0.194. The Morgan fingerprint density at radius 2 is 1.95 bits per heavy atom. The zero-order chi connectivity index (χ0) is 14.7. The van der Waals surface area contributed by atoms with Gasteiger partial charge in [0, 0.05) is 17.0 Å². The molecule has 20 heavy (non-hydrogen) atoms. The summed E-state index contributed by atoms with van der Waals surface area (Å²) in [5.41, 5.74) is 12.3. The highest BCUT2D eigenvalue weighted by atomic mass is 16.5. The molecule has 0 bridgehead atoms. The fraction of sp³-hybridized carbons (Fsp3) is 0.312. The maximum absolute atomic E-state index is 11.4. The topological polar surface area (TPSA) is 78.3 Å². The van der Waals surface area contributed by atoms with Crippen molar-refractivity contribution in [3.63, 3.8) is 0 Å². The molecule has 4 nitrogen and oxygen atoms in total. The number of benzene rings is 2. The van der Waals surface area contributed by atoms with Crippen molar-refractivity contribution in [1.82, 2.24) is 0 Å². The van der Waals surface area contributed by atoms with Crippen molar-refractivity contribution in [2.24, 2.45) is 11.5 Å². The molecular weight excluding hydrogens is 252 g/mol. The van der Waals surface area contributed by atoms with Crippen LogP contribution >= 0.6 is 0 Å². The minimum absolute atomic E-state index is 0.181. The molecule has 0 saturated heterocycles. The van der Waals surface area contributed by atoms with Crippen molar-refractivity contribution < 1.29 is 9.53 Å². The van der Waals surface area contributed by atoms with E-state index in [-0.39, 0.29) is 6.04 Å². The quantitative estimate of drug-likeness (QED) is 0.877. The summed E-state index contributed by atoms with van der Waals surface area (Å²) in [4.78, 5) is 11.4. The zero-order valence-corrected chi connectivity index (χ0v) is 11.8. The fourth-order valence-electron chi connectivity index (χ4n) is 2.23. The molecule has 0 heterocycles. The maximum Gasteiger partial charge on any atom is 0.258 e. The molecule has 0 radical (unpaired) electrons. The summed E-state index contributed by atoms with van der Waals surface area (Å²) in [7, 11) is 0. The molecule has 0 aliphatic heterocycles. The predicted molar refractivity (Wildman–Crippen MR) is 80.5 cm³/mol. The zero-order valence-electron chi connectivity index (χ0n) is 11.8. The Morgan fingerprint density at radius 3 is 2.55 bits per heavy atom. The largest absolute Gasteiger partial charge is 0.480 e. The standard InChI is InChI=1S/C16H20N2O2/c1-3-14(16(18)19)20-15-12(10(2)17)9-8-11-6-4-5-7-13(11)15/h4-10,14H,3,17H2,1-2H3,(H2,18,19)/t10-,14?/m1/s1. The number of ether oxygens (including phenoxy) is 1. The second kappa shape index (κ2) is 5.92. The van der Waals surface area contributed by atoms with Gasteiger partial charge < -0.3 is 16.2 Å². The van der Waals surface area contributed by atoms with Crippen LogP contribution in [0.25, 0.3) is 10.8 Å². The number of hydrogen-bond acceptors (Lipinski definition) is 3. The van der Waals surface area contributed by atoms with Crippen LogP contribution in [-0.2, 0) is 4.79 Å². The Morgan fingerprint density at radius 1 is 1.25 bits per heavy atom. The van der Waals surface area contributed by atoms with Crippen LogP contribution in [0.4, 0.5) is 0 Å². The van der Waals surface area contributed by atoms with E-state index in [1.165, 1.54) is 0 Å². The molecule has 0 saturated carbocycles. The number of hydrogen-bond donors (Lipinski definition) is 2. The number of carbonyl (C=O) groups excluding carboxylic acids is 1. The number of carbonyl (C=O) groups is 1. The minimum atomic E-state index is -0.640. The number of nitrogens with two attached hydrogens (primary N) is 2. The summed E-state index contributed by atoms with van der Waals surface area (Å²) in [6.07, 6.45) is -0.116. The minimum Gasteiger partial charge on any atom is -0.480 e. The van der Waals surface area contributed by atoms with E-state index >= 15 is 0 Å². The SMILES string of the molecule is CCC(Oc1c([C@@H](C)N)ccc2ccccc12)C(N)=O. The van der Waals surface area contributed by atoms with E-state index in [1.54, 1.807) is 0 Å². The van der Waals surface area contributed by atoms with Crippen molar-refractivity contribution >= 4 is 16.7 Å². The van der Waals surface area contributed by atoms with Crippen molar-refractivity contribution in [1.29, 1.82) is 0 Å². The summed E-state index contributed by atoms with van der Waals surface area (Å²) < 4.78 is 5.88. The molecule has 1 amide bonds. The molecule has 106 valence electrons. The molecule has 0 fully saturated rings. The Kier molecular flexibility index (Phi) is 4.25. The van der Waals surface area contributed by atoms with Gasteiger partial charge in [-0.25, -0.2) is 0 Å². The third-order valence-electron chi connectivity index (χ3n) is 3.35. The molecule has 2 atom stereocenters. The first-order valence-electron chi connectivity index (χ1n) is 6.77. The lowest BCUT2D eigenvalue weighted by Crippen LogP contribution is -2.33. The molecule has 0 spiro atoms. The number of rotatable bonds is 5. The van der Waals surface area contributed by atoms with Gasteiger partial charge in [-0.15, -0.1) is 0 Å². The van der Waals surface area contributed by atoms with E-state index in [0.717, 1.165) is 16.3 Å². The first-order valence-corrected chi connectivity index (χ1v) is 6.77. The smallest absolute Gasteiger partial charge is 0.258 e. The predicted octanol–water partition coefficient (Wildman–Crippen LogP) is 2.50. The number of fused-ring (bicyclic) bond motifs is 1. The van der Waals surface area contributed by atoms with E-state index in [0.29, 0.717) is 12.2 Å². The summed E-state index contributed by atoms with van der Waals surface area (Å²) >= 11 is 0. The highest BCUT2D eigenvalue weighted by molar-refractivity contribution is 5.90. The van der Waals surface area contributed by atoms with E-state index in [2.05, 4.69) is 0 Å². The average molecular weight is 272 g/mol. The molecule has 4 N–H and O–H groups in total. The lowest BCUT2D eigenvalue weighted by molar-refractivity contribution is -0.124. The lowest BCUT2D eigenvalue weighted by atomic mass is 10.0. The van der Waals surface area contributed by atoms with Gasteiger partial charge in [0.2, 0.25) is 0 Å². The molecular formula is C16H20N2O2.